The van der Waals surface area contributed by atoms with Crippen LogP contribution in [0, 0.1) is 11.8 Å². The smallest absolute Gasteiger partial charge is 0.451 e. The Morgan fingerprint density at radius 2 is 1.94 bits per heavy atom. The van der Waals surface area contributed by atoms with Gasteiger partial charge < -0.3 is 26.4 Å². The number of hydrogen-bond donors (Lipinski definition) is 4. The highest BCUT2D eigenvalue weighted by atomic mass is 19.4. The van der Waals surface area contributed by atoms with Crippen LogP contribution in [-0.2, 0) is 25.4 Å². The van der Waals surface area contributed by atoms with Gasteiger partial charge in [0.25, 0.3) is 0 Å². The minimum absolute atomic E-state index is 0.0453. The van der Waals surface area contributed by atoms with Crippen LogP contribution in [0.4, 0.5) is 13.2 Å². The standard InChI is InChI=1S/C21H29F3N6O5/c1-11(2)7-14(29-19(34)17(25)32)18(33)28-13(8-12-3-5-26-9-12)15(31)10-35-16-4-6-27-20(30-16)21(22,23)24/h4,6,11-14,26H,3,5,7-10H2,1-2H3,(H2,25,32)(H,28,33)(H,29,34)/t12-,13-,14-/m0/s1. The SMILES string of the molecule is CC(C)C[C@H](NC(=O)C(N)=O)C(=O)N[C@@H](C[C@@H]1CCNC1)C(=O)COc1ccnc(C(F)(F)F)n1. The summed E-state index contributed by atoms with van der Waals surface area (Å²) in [6.07, 6.45) is -2.74. The molecule has 1 aromatic rings. The van der Waals surface area contributed by atoms with Crippen LogP contribution in [0.25, 0.3) is 0 Å². The van der Waals surface area contributed by atoms with Crippen molar-refractivity contribution in [3.05, 3.63) is 18.1 Å². The fourth-order valence-corrected chi connectivity index (χ4v) is 3.53. The summed E-state index contributed by atoms with van der Waals surface area (Å²) in [5.41, 5.74) is 4.96. The molecule has 1 aliphatic heterocycles. The van der Waals surface area contributed by atoms with Gasteiger partial charge in [0.05, 0.1) is 6.04 Å². The molecule has 14 heteroatoms. The molecule has 5 N–H and O–H groups in total. The number of rotatable bonds is 11. The van der Waals surface area contributed by atoms with Crippen molar-refractivity contribution in [2.24, 2.45) is 17.6 Å². The quantitative estimate of drug-likeness (QED) is 0.306. The number of primary amides is 1. The van der Waals surface area contributed by atoms with Gasteiger partial charge in [-0.05, 0) is 44.2 Å². The number of nitrogens with two attached hydrogens (primary N) is 1. The third kappa shape index (κ3) is 9.11. The van der Waals surface area contributed by atoms with Gasteiger partial charge in [0.1, 0.15) is 6.04 Å². The molecule has 0 radical (unpaired) electrons. The number of ether oxygens (including phenoxy) is 1. The monoisotopic (exact) mass is 502 g/mol. The first-order chi connectivity index (χ1) is 16.4. The van der Waals surface area contributed by atoms with Crippen molar-refractivity contribution in [1.82, 2.24) is 25.9 Å². The molecule has 35 heavy (non-hydrogen) atoms. The van der Waals surface area contributed by atoms with Crippen molar-refractivity contribution >= 4 is 23.5 Å². The second-order valence-electron chi connectivity index (χ2n) is 8.65. The van der Waals surface area contributed by atoms with E-state index in [9.17, 15) is 32.3 Å². The van der Waals surface area contributed by atoms with E-state index in [1.807, 2.05) is 0 Å². The molecular weight excluding hydrogens is 473 g/mol. The highest BCUT2D eigenvalue weighted by Crippen LogP contribution is 2.26. The van der Waals surface area contributed by atoms with E-state index in [0.29, 0.717) is 6.54 Å². The lowest BCUT2D eigenvalue weighted by Gasteiger charge is -2.25. The molecule has 2 heterocycles. The minimum Gasteiger partial charge on any atom is -0.469 e. The van der Waals surface area contributed by atoms with Crippen LogP contribution in [0.3, 0.4) is 0 Å². The average molecular weight is 502 g/mol. The molecule has 2 rings (SSSR count). The average Bonchev–Trinajstić information content (AvgIpc) is 3.28. The van der Waals surface area contributed by atoms with E-state index in [0.717, 1.165) is 25.2 Å². The maximum absolute atomic E-state index is 12.9. The molecule has 0 unspecified atom stereocenters. The lowest BCUT2D eigenvalue weighted by atomic mass is 9.95. The van der Waals surface area contributed by atoms with Gasteiger partial charge in [0.2, 0.25) is 17.6 Å². The summed E-state index contributed by atoms with van der Waals surface area (Å²) in [6, 6.07) is -1.09. The number of aromatic nitrogens is 2. The van der Waals surface area contributed by atoms with E-state index in [-0.39, 0.29) is 24.7 Å². The maximum Gasteiger partial charge on any atom is 0.451 e. The van der Waals surface area contributed by atoms with E-state index >= 15 is 0 Å². The van der Waals surface area contributed by atoms with Gasteiger partial charge in [-0.25, -0.2) is 4.98 Å². The number of nitrogens with zero attached hydrogens (tertiary/aromatic N) is 2. The highest BCUT2D eigenvalue weighted by Gasteiger charge is 2.35. The number of alkyl halides is 3. The molecule has 1 fully saturated rings. The number of hydrogen-bond acceptors (Lipinski definition) is 8. The summed E-state index contributed by atoms with van der Waals surface area (Å²) in [5.74, 6) is -5.53. The lowest BCUT2D eigenvalue weighted by molar-refractivity contribution is -0.145. The summed E-state index contributed by atoms with van der Waals surface area (Å²) in [5, 5.41) is 8.00. The third-order valence-electron chi connectivity index (χ3n) is 5.24. The summed E-state index contributed by atoms with van der Waals surface area (Å²) < 4.78 is 43.6. The van der Waals surface area contributed by atoms with E-state index in [2.05, 4.69) is 25.9 Å². The topological polar surface area (TPSA) is 165 Å². The molecule has 11 nitrogen and oxygen atoms in total. The Morgan fingerprint density at radius 3 is 2.51 bits per heavy atom. The van der Waals surface area contributed by atoms with Crippen molar-refractivity contribution < 1.29 is 37.1 Å². The Balaban J connectivity index is 2.12. The zero-order valence-electron chi connectivity index (χ0n) is 19.4. The van der Waals surface area contributed by atoms with Gasteiger partial charge in [0, 0.05) is 12.3 Å². The van der Waals surface area contributed by atoms with Crippen LogP contribution in [0.15, 0.2) is 12.3 Å². The number of Topliss-reactive ketones (excluding diaryl/α,β-unsaturated/α-hetero) is 1. The van der Waals surface area contributed by atoms with Crippen LogP contribution >= 0.6 is 0 Å². The number of carbonyl (C=O) groups is 4. The number of amides is 3. The Labute approximate surface area is 199 Å². The number of ketones is 1. The molecule has 3 atom stereocenters. The van der Waals surface area contributed by atoms with Crippen LogP contribution < -0.4 is 26.4 Å². The van der Waals surface area contributed by atoms with Gasteiger partial charge in [-0.2, -0.15) is 18.2 Å². The van der Waals surface area contributed by atoms with Crippen molar-refractivity contribution in [2.75, 3.05) is 19.7 Å². The first-order valence-electron chi connectivity index (χ1n) is 11.0. The Morgan fingerprint density at radius 1 is 1.23 bits per heavy atom. The molecule has 1 saturated heterocycles. The van der Waals surface area contributed by atoms with Gasteiger partial charge in [0.15, 0.2) is 12.4 Å². The molecule has 0 bridgehead atoms. The predicted molar refractivity (Wildman–Crippen MR) is 116 cm³/mol. The zero-order chi connectivity index (χ0) is 26.2. The molecule has 0 aromatic carbocycles. The summed E-state index contributed by atoms with van der Waals surface area (Å²) in [6.45, 7) is 4.31. The van der Waals surface area contributed by atoms with Crippen LogP contribution in [0.2, 0.25) is 0 Å². The lowest BCUT2D eigenvalue weighted by Crippen LogP contribution is -2.54. The molecule has 194 valence electrons. The number of carbonyl (C=O) groups excluding carboxylic acids is 4. The van der Waals surface area contributed by atoms with E-state index in [1.54, 1.807) is 13.8 Å². The predicted octanol–water partition coefficient (Wildman–Crippen LogP) is -0.0561. The molecule has 0 spiro atoms. The second kappa shape index (κ2) is 12.4. The Hall–Kier alpha value is -3.29. The van der Waals surface area contributed by atoms with Gasteiger partial charge in [-0.15, -0.1) is 0 Å². The first-order valence-corrected chi connectivity index (χ1v) is 11.0. The molecule has 3 amide bonds. The number of halogens is 3. The molecular formula is C21H29F3N6O5. The van der Waals surface area contributed by atoms with Gasteiger partial charge in [-0.1, -0.05) is 13.8 Å². The highest BCUT2D eigenvalue weighted by molar-refractivity contribution is 6.34. The van der Waals surface area contributed by atoms with E-state index in [4.69, 9.17) is 10.5 Å². The normalized spacial score (nSPS) is 17.5. The molecule has 1 aliphatic rings. The minimum atomic E-state index is -4.78. The first kappa shape index (κ1) is 28.0. The second-order valence-corrected chi connectivity index (χ2v) is 8.65. The van der Waals surface area contributed by atoms with E-state index in [1.165, 1.54) is 0 Å². The zero-order valence-corrected chi connectivity index (χ0v) is 19.4. The van der Waals surface area contributed by atoms with Gasteiger partial charge in [-0.3, -0.25) is 19.2 Å². The van der Waals surface area contributed by atoms with Crippen molar-refractivity contribution in [3.63, 3.8) is 0 Å². The van der Waals surface area contributed by atoms with Crippen LogP contribution in [0.5, 0.6) is 5.88 Å². The van der Waals surface area contributed by atoms with Gasteiger partial charge >= 0.3 is 18.0 Å². The fourth-order valence-electron chi connectivity index (χ4n) is 3.53. The third-order valence-corrected chi connectivity index (χ3v) is 5.24. The van der Waals surface area contributed by atoms with Crippen LogP contribution in [-0.4, -0.2) is 65.3 Å². The summed E-state index contributed by atoms with van der Waals surface area (Å²) in [4.78, 5) is 55.1. The van der Waals surface area contributed by atoms with Crippen molar-refractivity contribution in [2.45, 2.75) is 51.4 Å². The molecule has 1 aromatic heterocycles. The number of nitrogens with one attached hydrogen (secondary N) is 3. The van der Waals surface area contributed by atoms with Crippen molar-refractivity contribution in [1.29, 1.82) is 0 Å². The molecule has 0 saturated carbocycles. The van der Waals surface area contributed by atoms with Crippen molar-refractivity contribution in [3.8, 4) is 5.88 Å². The summed E-state index contributed by atoms with van der Waals surface area (Å²) >= 11 is 0. The maximum atomic E-state index is 12.9. The largest absolute Gasteiger partial charge is 0.469 e. The molecule has 0 aliphatic carbocycles. The Kier molecular flexibility index (Phi) is 9.92. The summed E-state index contributed by atoms with van der Waals surface area (Å²) in [7, 11) is 0. The van der Waals surface area contributed by atoms with E-state index < -0.39 is 60.1 Å². The Bertz CT molecular complexity index is 921. The van der Waals surface area contributed by atoms with Crippen LogP contribution in [0.1, 0.15) is 38.9 Å². The fraction of sp³-hybridized carbons (Fsp3) is 0.619.